The Bertz CT molecular complexity index is 1020. The Labute approximate surface area is 170 Å². The first-order chi connectivity index (χ1) is 14.3. The lowest BCUT2D eigenvalue weighted by atomic mass is 10.1. The molecule has 0 spiro atoms. The Morgan fingerprint density at radius 1 is 1.10 bits per heavy atom. The van der Waals surface area contributed by atoms with Gasteiger partial charge in [0.05, 0.1) is 28.6 Å². The molecule has 0 aliphatic heterocycles. The molecule has 1 fully saturated rings. The molecular weight excluding hydrogens is 396 g/mol. The molecule has 1 amide bonds. The molecule has 30 heavy (non-hydrogen) atoms. The molecule has 1 saturated carbocycles. The number of hydrogen-bond donors (Lipinski definition) is 2. The topological polar surface area (TPSA) is 154 Å². The maximum absolute atomic E-state index is 12.1. The Balaban J connectivity index is 1.84. The van der Waals surface area contributed by atoms with Crippen LogP contribution in [-0.2, 0) is 11.3 Å². The second-order valence-corrected chi connectivity index (χ2v) is 6.69. The van der Waals surface area contributed by atoms with Gasteiger partial charge < -0.3 is 15.4 Å². The number of nitro benzene ring substituents is 2. The number of rotatable bonds is 8. The molecule has 2 aromatic rings. The number of nitrogens with zero attached hydrogens (tertiary/aromatic N) is 2. The first kappa shape index (κ1) is 20.7. The SMILES string of the molecule is COC(=O)c1cc([N+](=O)[O-])cc([N+](=O)[O-])c1NCc1ccc(C(=O)NC2CC2)cc1. The third kappa shape index (κ3) is 4.69. The van der Waals surface area contributed by atoms with Crippen LogP contribution in [0.3, 0.4) is 0 Å². The summed E-state index contributed by atoms with van der Waals surface area (Å²) in [5, 5.41) is 28.2. The van der Waals surface area contributed by atoms with Gasteiger partial charge in [0.25, 0.3) is 17.3 Å². The Morgan fingerprint density at radius 3 is 2.30 bits per heavy atom. The number of ether oxygens (including phenoxy) is 1. The lowest BCUT2D eigenvalue weighted by Crippen LogP contribution is -2.25. The number of anilines is 1. The number of non-ortho nitro benzene ring substituents is 1. The fourth-order valence-corrected chi connectivity index (χ4v) is 2.78. The summed E-state index contributed by atoms with van der Waals surface area (Å²) in [5.41, 5.74) is -0.556. The number of hydrogen-bond acceptors (Lipinski definition) is 8. The van der Waals surface area contributed by atoms with Crippen molar-refractivity contribution in [2.24, 2.45) is 0 Å². The van der Waals surface area contributed by atoms with E-state index in [2.05, 4.69) is 15.4 Å². The molecule has 2 aromatic carbocycles. The van der Waals surface area contributed by atoms with Crippen molar-refractivity contribution < 1.29 is 24.2 Å². The smallest absolute Gasteiger partial charge is 0.340 e. The summed E-state index contributed by atoms with van der Waals surface area (Å²) in [7, 11) is 1.07. The number of carbonyl (C=O) groups is 2. The molecule has 2 N–H and O–H groups in total. The summed E-state index contributed by atoms with van der Waals surface area (Å²) in [6.45, 7) is 0.0766. The predicted octanol–water partition coefficient (Wildman–Crippen LogP) is 2.79. The van der Waals surface area contributed by atoms with E-state index >= 15 is 0 Å². The van der Waals surface area contributed by atoms with E-state index < -0.39 is 27.2 Å². The number of benzene rings is 2. The Hall–Kier alpha value is -4.02. The van der Waals surface area contributed by atoms with Crippen molar-refractivity contribution in [3.63, 3.8) is 0 Å². The van der Waals surface area contributed by atoms with Crippen LogP contribution in [0.15, 0.2) is 36.4 Å². The molecule has 0 saturated heterocycles. The second-order valence-electron chi connectivity index (χ2n) is 6.69. The summed E-state index contributed by atoms with van der Waals surface area (Å²) in [6.07, 6.45) is 1.95. The van der Waals surface area contributed by atoms with Crippen molar-refractivity contribution in [3.05, 3.63) is 73.3 Å². The molecule has 0 aromatic heterocycles. The number of methoxy groups -OCH3 is 1. The van der Waals surface area contributed by atoms with Crippen LogP contribution in [0.2, 0.25) is 0 Å². The van der Waals surface area contributed by atoms with Gasteiger partial charge in [-0.3, -0.25) is 25.0 Å². The highest BCUT2D eigenvalue weighted by Gasteiger charge is 2.28. The van der Waals surface area contributed by atoms with E-state index in [-0.39, 0.29) is 29.7 Å². The van der Waals surface area contributed by atoms with Crippen molar-refractivity contribution in [2.45, 2.75) is 25.4 Å². The molecule has 11 heteroatoms. The van der Waals surface area contributed by atoms with Gasteiger partial charge in [-0.05, 0) is 30.5 Å². The summed E-state index contributed by atoms with van der Waals surface area (Å²) >= 11 is 0. The number of nitro groups is 2. The maximum Gasteiger partial charge on any atom is 0.340 e. The van der Waals surface area contributed by atoms with Crippen LogP contribution in [-0.4, -0.2) is 34.9 Å². The molecule has 156 valence electrons. The standard InChI is InChI=1S/C19H18N4O7/c1-30-19(25)15-8-14(22(26)27)9-16(23(28)29)17(15)20-10-11-2-4-12(5-3-11)18(24)21-13-6-7-13/h2-5,8-9,13,20H,6-7,10H2,1H3,(H,21,24). The number of carbonyl (C=O) groups excluding carboxylic acids is 2. The van der Waals surface area contributed by atoms with Crippen molar-refractivity contribution in [2.75, 3.05) is 12.4 Å². The minimum absolute atomic E-state index is 0.0766. The van der Waals surface area contributed by atoms with E-state index in [9.17, 15) is 29.8 Å². The van der Waals surface area contributed by atoms with Gasteiger partial charge in [-0.25, -0.2) is 4.79 Å². The minimum atomic E-state index is -0.948. The molecule has 3 rings (SSSR count). The highest BCUT2D eigenvalue weighted by molar-refractivity contribution is 5.99. The molecule has 0 radical (unpaired) electrons. The van der Waals surface area contributed by atoms with Gasteiger partial charge in [-0.15, -0.1) is 0 Å². The zero-order valence-corrected chi connectivity index (χ0v) is 15.9. The van der Waals surface area contributed by atoms with Crippen molar-refractivity contribution in [1.82, 2.24) is 5.32 Å². The quantitative estimate of drug-likeness (QED) is 0.380. The third-order valence-corrected chi connectivity index (χ3v) is 4.51. The highest BCUT2D eigenvalue weighted by atomic mass is 16.6. The van der Waals surface area contributed by atoms with Crippen LogP contribution in [0.25, 0.3) is 0 Å². The lowest BCUT2D eigenvalue weighted by molar-refractivity contribution is -0.393. The van der Waals surface area contributed by atoms with Gasteiger partial charge in [0.2, 0.25) is 0 Å². The van der Waals surface area contributed by atoms with Gasteiger partial charge in [-0.1, -0.05) is 12.1 Å². The lowest BCUT2D eigenvalue weighted by Gasteiger charge is -2.12. The van der Waals surface area contributed by atoms with E-state index in [0.29, 0.717) is 11.1 Å². The average molecular weight is 414 g/mol. The second kappa shape index (κ2) is 8.55. The average Bonchev–Trinajstić information content (AvgIpc) is 3.55. The van der Waals surface area contributed by atoms with E-state index in [1.165, 1.54) is 0 Å². The van der Waals surface area contributed by atoms with Crippen molar-refractivity contribution >= 4 is 28.9 Å². The first-order valence-electron chi connectivity index (χ1n) is 8.99. The van der Waals surface area contributed by atoms with Gasteiger partial charge >= 0.3 is 5.97 Å². The fraction of sp³-hybridized carbons (Fsp3) is 0.263. The predicted molar refractivity (Wildman–Crippen MR) is 105 cm³/mol. The fourth-order valence-electron chi connectivity index (χ4n) is 2.78. The van der Waals surface area contributed by atoms with E-state index in [4.69, 9.17) is 0 Å². The zero-order chi connectivity index (χ0) is 21.8. The van der Waals surface area contributed by atoms with Crippen LogP contribution in [0, 0.1) is 20.2 Å². The van der Waals surface area contributed by atoms with Crippen LogP contribution in [0.1, 0.15) is 39.1 Å². The molecule has 0 heterocycles. The van der Waals surface area contributed by atoms with Crippen molar-refractivity contribution in [1.29, 1.82) is 0 Å². The molecule has 0 atom stereocenters. The normalized spacial score (nSPS) is 12.7. The van der Waals surface area contributed by atoms with E-state index in [0.717, 1.165) is 32.1 Å². The van der Waals surface area contributed by atoms with Gasteiger partial charge in [0, 0.05) is 24.2 Å². The third-order valence-electron chi connectivity index (χ3n) is 4.51. The number of amides is 1. The van der Waals surface area contributed by atoms with Crippen LogP contribution >= 0.6 is 0 Å². The summed E-state index contributed by atoms with van der Waals surface area (Å²) in [6, 6.07) is 8.53. The Morgan fingerprint density at radius 2 is 1.77 bits per heavy atom. The highest BCUT2D eigenvalue weighted by Crippen LogP contribution is 2.34. The van der Waals surface area contributed by atoms with Gasteiger partial charge in [0.1, 0.15) is 5.69 Å². The molecule has 1 aliphatic rings. The van der Waals surface area contributed by atoms with Gasteiger partial charge in [-0.2, -0.15) is 0 Å². The number of nitrogens with one attached hydrogen (secondary N) is 2. The summed E-state index contributed by atoms with van der Waals surface area (Å²) in [5.74, 6) is -1.12. The van der Waals surface area contributed by atoms with E-state index in [1.54, 1.807) is 24.3 Å². The number of esters is 1. The molecule has 11 nitrogen and oxygen atoms in total. The van der Waals surface area contributed by atoms with Crippen LogP contribution in [0.5, 0.6) is 0 Å². The minimum Gasteiger partial charge on any atom is -0.465 e. The Kier molecular flexibility index (Phi) is 5.90. The summed E-state index contributed by atoms with van der Waals surface area (Å²) < 4.78 is 4.61. The molecule has 1 aliphatic carbocycles. The largest absolute Gasteiger partial charge is 0.465 e. The zero-order valence-electron chi connectivity index (χ0n) is 15.9. The van der Waals surface area contributed by atoms with Crippen LogP contribution in [0.4, 0.5) is 17.1 Å². The molecule has 0 bridgehead atoms. The van der Waals surface area contributed by atoms with Gasteiger partial charge in [0.15, 0.2) is 0 Å². The molecule has 0 unspecified atom stereocenters. The maximum atomic E-state index is 12.1. The monoisotopic (exact) mass is 414 g/mol. The van der Waals surface area contributed by atoms with Crippen molar-refractivity contribution in [3.8, 4) is 0 Å². The van der Waals surface area contributed by atoms with Crippen LogP contribution < -0.4 is 10.6 Å². The summed E-state index contributed by atoms with van der Waals surface area (Å²) in [4.78, 5) is 45.0. The first-order valence-corrected chi connectivity index (χ1v) is 8.99. The van der Waals surface area contributed by atoms with E-state index in [1.807, 2.05) is 0 Å². The molecular formula is C19H18N4O7.